The van der Waals surface area contributed by atoms with Crippen molar-refractivity contribution in [1.82, 2.24) is 25.3 Å². The van der Waals surface area contributed by atoms with Crippen molar-refractivity contribution in [1.29, 1.82) is 0 Å². The molecule has 9 nitrogen and oxygen atoms in total. The van der Waals surface area contributed by atoms with Gasteiger partial charge in [-0.15, -0.1) is 11.3 Å². The van der Waals surface area contributed by atoms with E-state index in [1.165, 1.54) is 16.7 Å². The third-order valence-electron chi connectivity index (χ3n) is 4.00. The highest BCUT2D eigenvalue weighted by atomic mass is 32.1. The Kier molecular flexibility index (Phi) is 5.27. The molecule has 1 aliphatic rings. The Bertz CT molecular complexity index is 759. The molecule has 0 bridgehead atoms. The minimum atomic E-state index is -1.04. The lowest BCUT2D eigenvalue weighted by molar-refractivity contribution is 0.0691. The van der Waals surface area contributed by atoms with Crippen molar-refractivity contribution in [2.45, 2.75) is 32.1 Å². The SMILES string of the molecule is Cc1nc(C2CCCN(C(=O)NCCc3nc(C(=O)O)cs3)C2)no1. The summed E-state index contributed by atoms with van der Waals surface area (Å²) >= 11 is 1.28. The standard InChI is InChI=1S/C15H19N5O4S/c1-9-17-13(19-24-9)10-3-2-6-20(7-10)15(23)16-5-4-12-18-11(8-25-12)14(21)22/h8,10H,2-7H2,1H3,(H,16,23)(H,21,22). The molecule has 0 spiro atoms. The second kappa shape index (κ2) is 7.60. The van der Waals surface area contributed by atoms with Crippen molar-refractivity contribution in [2.75, 3.05) is 19.6 Å². The lowest BCUT2D eigenvalue weighted by atomic mass is 9.98. The molecular formula is C15H19N5O4S. The molecule has 25 heavy (non-hydrogen) atoms. The molecule has 2 aromatic rings. The van der Waals surface area contributed by atoms with Gasteiger partial charge in [0.05, 0.1) is 5.01 Å². The van der Waals surface area contributed by atoms with Gasteiger partial charge in [0, 0.05) is 44.3 Å². The molecule has 1 unspecified atom stereocenters. The Morgan fingerprint density at radius 1 is 1.48 bits per heavy atom. The highest BCUT2D eigenvalue weighted by Gasteiger charge is 2.27. The van der Waals surface area contributed by atoms with Gasteiger partial charge in [-0.3, -0.25) is 0 Å². The summed E-state index contributed by atoms with van der Waals surface area (Å²) in [6.07, 6.45) is 2.32. The van der Waals surface area contributed by atoms with Gasteiger partial charge < -0.3 is 19.8 Å². The Labute approximate surface area is 148 Å². The third-order valence-corrected chi connectivity index (χ3v) is 4.91. The van der Waals surface area contributed by atoms with E-state index < -0.39 is 5.97 Å². The topological polar surface area (TPSA) is 121 Å². The van der Waals surface area contributed by atoms with Gasteiger partial charge in [-0.2, -0.15) is 4.98 Å². The van der Waals surface area contributed by atoms with Gasteiger partial charge in [-0.05, 0) is 12.8 Å². The number of urea groups is 1. The molecule has 0 saturated carbocycles. The van der Waals surface area contributed by atoms with E-state index in [-0.39, 0.29) is 17.6 Å². The number of rotatable bonds is 5. The largest absolute Gasteiger partial charge is 0.476 e. The van der Waals surface area contributed by atoms with Crippen LogP contribution in [0.4, 0.5) is 4.79 Å². The molecule has 1 atom stereocenters. The highest BCUT2D eigenvalue weighted by Crippen LogP contribution is 2.24. The van der Waals surface area contributed by atoms with E-state index >= 15 is 0 Å². The van der Waals surface area contributed by atoms with E-state index in [1.54, 1.807) is 11.8 Å². The van der Waals surface area contributed by atoms with Crippen molar-refractivity contribution in [3.63, 3.8) is 0 Å². The fourth-order valence-corrected chi connectivity index (χ4v) is 3.54. The molecule has 2 amide bonds. The number of amides is 2. The number of nitrogens with zero attached hydrogens (tertiary/aromatic N) is 4. The fourth-order valence-electron chi connectivity index (χ4n) is 2.77. The molecule has 2 aromatic heterocycles. The smallest absolute Gasteiger partial charge is 0.355 e. The van der Waals surface area contributed by atoms with Crippen LogP contribution in [0.1, 0.15) is 46.0 Å². The zero-order chi connectivity index (χ0) is 17.8. The first-order valence-corrected chi connectivity index (χ1v) is 8.91. The summed E-state index contributed by atoms with van der Waals surface area (Å²) < 4.78 is 5.02. The van der Waals surface area contributed by atoms with Crippen molar-refractivity contribution in [3.05, 3.63) is 27.8 Å². The van der Waals surface area contributed by atoms with Crippen LogP contribution in [0.2, 0.25) is 0 Å². The average molecular weight is 365 g/mol. The quantitative estimate of drug-likeness (QED) is 0.826. The van der Waals surface area contributed by atoms with Crippen molar-refractivity contribution >= 4 is 23.3 Å². The predicted octanol–water partition coefficient (Wildman–Crippen LogP) is 1.66. The molecule has 3 rings (SSSR count). The lowest BCUT2D eigenvalue weighted by Gasteiger charge is -2.31. The normalized spacial score (nSPS) is 17.5. The molecule has 10 heteroatoms. The number of carboxylic acid groups (broad SMARTS) is 1. The summed E-state index contributed by atoms with van der Waals surface area (Å²) in [5.74, 6) is 0.233. The minimum absolute atomic E-state index is 0.0422. The van der Waals surface area contributed by atoms with Crippen LogP contribution < -0.4 is 5.32 Å². The number of hydrogen-bond donors (Lipinski definition) is 2. The Morgan fingerprint density at radius 3 is 3.00 bits per heavy atom. The second-order valence-electron chi connectivity index (χ2n) is 5.87. The molecule has 0 aliphatic carbocycles. The summed E-state index contributed by atoms with van der Waals surface area (Å²) in [6.45, 7) is 3.41. The summed E-state index contributed by atoms with van der Waals surface area (Å²) in [4.78, 5) is 33.1. The van der Waals surface area contributed by atoms with Crippen LogP contribution >= 0.6 is 11.3 Å². The van der Waals surface area contributed by atoms with E-state index in [9.17, 15) is 9.59 Å². The van der Waals surface area contributed by atoms with Crippen LogP contribution in [0.3, 0.4) is 0 Å². The van der Waals surface area contributed by atoms with Crippen LogP contribution in [0.5, 0.6) is 0 Å². The van der Waals surface area contributed by atoms with Gasteiger partial charge in [0.15, 0.2) is 11.5 Å². The van der Waals surface area contributed by atoms with E-state index in [2.05, 4.69) is 20.4 Å². The molecule has 1 saturated heterocycles. The summed E-state index contributed by atoms with van der Waals surface area (Å²) in [6, 6.07) is -0.139. The van der Waals surface area contributed by atoms with E-state index in [4.69, 9.17) is 9.63 Å². The number of aryl methyl sites for hydroxylation is 1. The van der Waals surface area contributed by atoms with Crippen molar-refractivity contribution < 1.29 is 19.2 Å². The van der Waals surface area contributed by atoms with Gasteiger partial charge in [-0.25, -0.2) is 14.6 Å². The first kappa shape index (κ1) is 17.3. The maximum Gasteiger partial charge on any atom is 0.355 e. The van der Waals surface area contributed by atoms with Gasteiger partial charge in [0.1, 0.15) is 0 Å². The van der Waals surface area contributed by atoms with E-state index in [1.807, 2.05) is 0 Å². The number of nitrogens with one attached hydrogen (secondary N) is 1. The van der Waals surface area contributed by atoms with E-state index in [0.29, 0.717) is 42.8 Å². The molecule has 2 N–H and O–H groups in total. The van der Waals surface area contributed by atoms with Gasteiger partial charge in [0.2, 0.25) is 5.89 Å². The second-order valence-corrected chi connectivity index (χ2v) is 6.81. The monoisotopic (exact) mass is 365 g/mol. The number of carboxylic acids is 1. The molecule has 1 aliphatic heterocycles. The summed E-state index contributed by atoms with van der Waals surface area (Å²) in [5, 5.41) is 17.9. The molecular weight excluding hydrogens is 346 g/mol. The van der Waals surface area contributed by atoms with Gasteiger partial charge in [-0.1, -0.05) is 5.16 Å². The first-order valence-electron chi connectivity index (χ1n) is 8.03. The minimum Gasteiger partial charge on any atom is -0.476 e. The first-order chi connectivity index (χ1) is 12.0. The average Bonchev–Trinajstić information content (AvgIpc) is 3.24. The number of aromatic nitrogens is 3. The maximum atomic E-state index is 12.3. The maximum absolute atomic E-state index is 12.3. The summed E-state index contributed by atoms with van der Waals surface area (Å²) in [5.41, 5.74) is 0.0422. The Hall–Kier alpha value is -2.49. The number of thiazole rings is 1. The molecule has 134 valence electrons. The molecule has 0 radical (unpaired) electrons. The zero-order valence-corrected chi connectivity index (χ0v) is 14.6. The van der Waals surface area contributed by atoms with Crippen LogP contribution in [0.25, 0.3) is 0 Å². The van der Waals surface area contributed by atoms with Gasteiger partial charge >= 0.3 is 12.0 Å². The Morgan fingerprint density at radius 2 is 2.32 bits per heavy atom. The number of aromatic carboxylic acids is 1. The number of carbonyl (C=O) groups excluding carboxylic acids is 1. The van der Waals surface area contributed by atoms with Crippen LogP contribution in [-0.2, 0) is 6.42 Å². The predicted molar refractivity (Wildman–Crippen MR) is 88.8 cm³/mol. The number of hydrogen-bond acceptors (Lipinski definition) is 7. The van der Waals surface area contributed by atoms with Gasteiger partial charge in [0.25, 0.3) is 0 Å². The van der Waals surface area contributed by atoms with Crippen molar-refractivity contribution in [2.24, 2.45) is 0 Å². The fraction of sp³-hybridized carbons (Fsp3) is 0.533. The third kappa shape index (κ3) is 4.32. The molecule has 0 aromatic carbocycles. The molecule has 1 fully saturated rings. The number of likely N-dealkylation sites (tertiary alicyclic amines) is 1. The van der Waals surface area contributed by atoms with Crippen LogP contribution in [0.15, 0.2) is 9.90 Å². The lowest BCUT2D eigenvalue weighted by Crippen LogP contribution is -2.45. The highest BCUT2D eigenvalue weighted by molar-refractivity contribution is 7.09. The van der Waals surface area contributed by atoms with E-state index in [0.717, 1.165) is 12.8 Å². The van der Waals surface area contributed by atoms with Crippen LogP contribution in [-0.4, -0.2) is 56.8 Å². The van der Waals surface area contributed by atoms with Crippen LogP contribution in [0, 0.1) is 6.92 Å². The molecule has 3 heterocycles. The Balaban J connectivity index is 1.48. The number of carbonyl (C=O) groups is 2. The van der Waals surface area contributed by atoms with Crippen molar-refractivity contribution in [3.8, 4) is 0 Å². The summed E-state index contributed by atoms with van der Waals surface area (Å²) in [7, 11) is 0. The zero-order valence-electron chi connectivity index (χ0n) is 13.8. The number of piperidine rings is 1.